The molecule has 41 heavy (non-hydrogen) atoms. The molecule has 9 nitrogen and oxygen atoms in total. The van der Waals surface area contributed by atoms with E-state index in [1.807, 2.05) is 54.6 Å². The maximum absolute atomic E-state index is 13.6. The smallest absolute Gasteiger partial charge is 0.243 e. The minimum atomic E-state index is -1.17. The zero-order chi connectivity index (χ0) is 29.7. The molecule has 2 aromatic rings. The molecule has 1 saturated heterocycles. The largest absolute Gasteiger partial charge is 0.489 e. The SMILES string of the molecule is CCC(CO)(CO)NC(=O)[C@H](Cc1ccc(OCc2ccccc2)cc1)NC(=O)[C@H](CC(C)C)NC1CCOCC1. The Morgan fingerprint density at radius 3 is 2.20 bits per heavy atom. The van der Waals surface area contributed by atoms with Crippen molar-refractivity contribution in [3.63, 3.8) is 0 Å². The van der Waals surface area contributed by atoms with Gasteiger partial charge < -0.3 is 35.6 Å². The van der Waals surface area contributed by atoms with Crippen LogP contribution in [0.25, 0.3) is 0 Å². The lowest BCUT2D eigenvalue weighted by Gasteiger charge is -2.33. The highest BCUT2D eigenvalue weighted by molar-refractivity contribution is 5.90. The molecule has 3 rings (SSSR count). The van der Waals surface area contributed by atoms with Crippen LogP contribution in [0.5, 0.6) is 5.75 Å². The quantitative estimate of drug-likeness (QED) is 0.210. The monoisotopic (exact) mass is 569 g/mol. The molecule has 0 spiro atoms. The van der Waals surface area contributed by atoms with Crippen molar-refractivity contribution in [3.05, 3.63) is 65.7 Å². The third-order valence-corrected chi connectivity index (χ3v) is 7.60. The first-order valence-electron chi connectivity index (χ1n) is 14.7. The number of hydrogen-bond acceptors (Lipinski definition) is 7. The second-order valence-corrected chi connectivity index (χ2v) is 11.4. The summed E-state index contributed by atoms with van der Waals surface area (Å²) in [5, 5.41) is 29.1. The first-order chi connectivity index (χ1) is 19.8. The molecule has 0 saturated carbocycles. The van der Waals surface area contributed by atoms with E-state index in [4.69, 9.17) is 9.47 Å². The molecule has 0 unspecified atom stereocenters. The van der Waals surface area contributed by atoms with E-state index in [9.17, 15) is 19.8 Å². The van der Waals surface area contributed by atoms with Gasteiger partial charge in [0.15, 0.2) is 0 Å². The fourth-order valence-electron chi connectivity index (χ4n) is 4.84. The van der Waals surface area contributed by atoms with E-state index in [0.29, 0.717) is 38.4 Å². The molecule has 2 amide bonds. The molecule has 2 atom stereocenters. The normalized spacial score (nSPS) is 15.8. The molecule has 0 radical (unpaired) electrons. The summed E-state index contributed by atoms with van der Waals surface area (Å²) in [7, 11) is 0. The van der Waals surface area contributed by atoms with Gasteiger partial charge in [-0.1, -0.05) is 63.2 Å². The van der Waals surface area contributed by atoms with Gasteiger partial charge in [0, 0.05) is 25.7 Å². The van der Waals surface area contributed by atoms with Gasteiger partial charge in [-0.2, -0.15) is 0 Å². The fourth-order valence-corrected chi connectivity index (χ4v) is 4.84. The van der Waals surface area contributed by atoms with E-state index >= 15 is 0 Å². The number of benzene rings is 2. The first kappa shape index (κ1) is 32.5. The minimum Gasteiger partial charge on any atom is -0.489 e. The van der Waals surface area contributed by atoms with Gasteiger partial charge in [-0.15, -0.1) is 0 Å². The lowest BCUT2D eigenvalue weighted by atomic mass is 9.96. The Morgan fingerprint density at radius 2 is 1.61 bits per heavy atom. The lowest BCUT2D eigenvalue weighted by Crippen LogP contribution is -2.61. The van der Waals surface area contributed by atoms with Crippen LogP contribution in [-0.4, -0.2) is 72.1 Å². The average Bonchev–Trinajstić information content (AvgIpc) is 2.99. The van der Waals surface area contributed by atoms with Gasteiger partial charge in [-0.25, -0.2) is 0 Å². The van der Waals surface area contributed by atoms with Crippen molar-refractivity contribution in [2.45, 2.75) is 83.1 Å². The lowest BCUT2D eigenvalue weighted by molar-refractivity contribution is -0.132. The summed E-state index contributed by atoms with van der Waals surface area (Å²) in [5.41, 5.74) is 0.728. The molecule has 226 valence electrons. The summed E-state index contributed by atoms with van der Waals surface area (Å²) < 4.78 is 11.4. The summed E-state index contributed by atoms with van der Waals surface area (Å²) in [6.45, 7) is 6.84. The number of hydrogen-bond donors (Lipinski definition) is 5. The Balaban J connectivity index is 1.74. The molecular weight excluding hydrogens is 522 g/mol. The van der Waals surface area contributed by atoms with Gasteiger partial charge in [0.2, 0.25) is 11.8 Å². The minimum absolute atomic E-state index is 0.172. The number of aliphatic hydroxyl groups is 2. The Bertz CT molecular complexity index is 1040. The number of amides is 2. The number of nitrogens with one attached hydrogen (secondary N) is 3. The van der Waals surface area contributed by atoms with Crippen LogP contribution in [0.1, 0.15) is 57.6 Å². The van der Waals surface area contributed by atoms with E-state index in [1.54, 1.807) is 6.92 Å². The van der Waals surface area contributed by atoms with Gasteiger partial charge in [0.25, 0.3) is 0 Å². The summed E-state index contributed by atoms with van der Waals surface area (Å²) in [6, 6.07) is 16.1. The maximum atomic E-state index is 13.6. The molecule has 1 aliphatic heterocycles. The molecule has 0 aromatic heterocycles. The predicted molar refractivity (Wildman–Crippen MR) is 158 cm³/mol. The molecule has 1 heterocycles. The average molecular weight is 570 g/mol. The van der Waals surface area contributed by atoms with Gasteiger partial charge in [-0.05, 0) is 54.9 Å². The highest BCUT2D eigenvalue weighted by Gasteiger charge is 2.34. The van der Waals surface area contributed by atoms with Crippen LogP contribution >= 0.6 is 0 Å². The summed E-state index contributed by atoms with van der Waals surface area (Å²) >= 11 is 0. The third kappa shape index (κ3) is 10.4. The summed E-state index contributed by atoms with van der Waals surface area (Å²) in [6.07, 6.45) is 2.85. The zero-order valence-electron chi connectivity index (χ0n) is 24.6. The zero-order valence-corrected chi connectivity index (χ0v) is 24.6. The molecule has 1 aliphatic rings. The van der Waals surface area contributed by atoms with E-state index in [0.717, 1.165) is 24.0 Å². The van der Waals surface area contributed by atoms with Crippen LogP contribution in [0.2, 0.25) is 0 Å². The Hall–Kier alpha value is -2.98. The number of rotatable bonds is 16. The molecule has 0 aliphatic carbocycles. The van der Waals surface area contributed by atoms with Crippen molar-refractivity contribution in [3.8, 4) is 5.75 Å². The Kier molecular flexibility index (Phi) is 13.1. The van der Waals surface area contributed by atoms with Crippen molar-refractivity contribution in [1.82, 2.24) is 16.0 Å². The highest BCUT2D eigenvalue weighted by Crippen LogP contribution is 2.17. The predicted octanol–water partition coefficient (Wildman–Crippen LogP) is 2.73. The molecule has 2 aromatic carbocycles. The van der Waals surface area contributed by atoms with Gasteiger partial charge in [-0.3, -0.25) is 9.59 Å². The van der Waals surface area contributed by atoms with Gasteiger partial charge in [0.05, 0.1) is 24.8 Å². The standard InChI is InChI=1S/C32H47N3O6/c1-4-32(21-36,22-37)35-31(39)29(34-30(38)28(18-23(2)3)33-26-14-16-40-17-15-26)19-24-10-12-27(13-11-24)41-20-25-8-6-5-7-9-25/h5-13,23,26,28-29,33,36-37H,4,14-22H2,1-3H3,(H,34,38)(H,35,39)/t28-,29-/m0/s1. The van der Waals surface area contributed by atoms with E-state index in [1.165, 1.54) is 0 Å². The number of aliphatic hydroxyl groups excluding tert-OH is 2. The first-order valence-corrected chi connectivity index (χ1v) is 14.7. The maximum Gasteiger partial charge on any atom is 0.243 e. The molecular formula is C32H47N3O6. The van der Waals surface area contributed by atoms with E-state index in [-0.39, 0.29) is 24.3 Å². The fraction of sp³-hybridized carbons (Fsp3) is 0.562. The van der Waals surface area contributed by atoms with Gasteiger partial charge in [0.1, 0.15) is 18.4 Å². The van der Waals surface area contributed by atoms with Crippen LogP contribution in [0.4, 0.5) is 0 Å². The van der Waals surface area contributed by atoms with E-state index < -0.39 is 36.7 Å². The van der Waals surface area contributed by atoms with Crippen molar-refractivity contribution in [1.29, 1.82) is 0 Å². The summed E-state index contributed by atoms with van der Waals surface area (Å²) in [4.78, 5) is 27.1. The number of ether oxygens (including phenoxy) is 2. The molecule has 1 fully saturated rings. The molecule has 0 bridgehead atoms. The van der Waals surface area contributed by atoms with E-state index in [2.05, 4.69) is 29.8 Å². The van der Waals surface area contributed by atoms with Gasteiger partial charge >= 0.3 is 0 Å². The summed E-state index contributed by atoms with van der Waals surface area (Å²) in [5.74, 6) is 0.265. The molecule has 5 N–H and O–H groups in total. The van der Waals surface area contributed by atoms with Crippen molar-refractivity contribution < 1.29 is 29.3 Å². The van der Waals surface area contributed by atoms with Crippen molar-refractivity contribution >= 4 is 11.8 Å². The van der Waals surface area contributed by atoms with Crippen LogP contribution in [0.15, 0.2) is 54.6 Å². The Labute approximate surface area is 244 Å². The third-order valence-electron chi connectivity index (χ3n) is 7.60. The van der Waals surface area contributed by atoms with Crippen LogP contribution in [0.3, 0.4) is 0 Å². The second-order valence-electron chi connectivity index (χ2n) is 11.4. The van der Waals surface area contributed by atoms with Crippen LogP contribution < -0.4 is 20.7 Å². The second kappa shape index (κ2) is 16.5. The van der Waals surface area contributed by atoms with Crippen LogP contribution in [-0.2, 0) is 27.4 Å². The highest BCUT2D eigenvalue weighted by atomic mass is 16.5. The molecule has 9 heteroatoms. The number of carbonyl (C=O) groups excluding carboxylic acids is 2. The van der Waals surface area contributed by atoms with Crippen molar-refractivity contribution in [2.75, 3.05) is 26.4 Å². The Morgan fingerprint density at radius 1 is 0.951 bits per heavy atom. The topological polar surface area (TPSA) is 129 Å². The number of carbonyl (C=O) groups is 2. The van der Waals surface area contributed by atoms with Crippen molar-refractivity contribution in [2.24, 2.45) is 5.92 Å². The van der Waals surface area contributed by atoms with Crippen LogP contribution in [0, 0.1) is 5.92 Å².